The molecule has 0 amide bonds. The van der Waals surface area contributed by atoms with E-state index in [9.17, 15) is 0 Å². The summed E-state index contributed by atoms with van der Waals surface area (Å²) in [5, 5.41) is 7.71. The van der Waals surface area contributed by atoms with Crippen LogP contribution in [-0.2, 0) is 0 Å². The number of halogens is 2. The molecule has 1 aromatic carbocycles. The summed E-state index contributed by atoms with van der Waals surface area (Å²) in [5.41, 5.74) is 5.22. The summed E-state index contributed by atoms with van der Waals surface area (Å²) in [6, 6.07) is 5.36. The zero-order valence-electron chi connectivity index (χ0n) is 8.09. The lowest BCUT2D eigenvalue weighted by Gasteiger charge is -2.07. The second-order valence-corrected chi connectivity index (χ2v) is 4.34. The molecule has 3 nitrogen and oxygen atoms in total. The first-order chi connectivity index (χ1) is 7.09. The number of benzene rings is 1. The molecule has 15 heavy (non-hydrogen) atoms. The zero-order valence-corrected chi connectivity index (χ0v) is 10.4. The van der Waals surface area contributed by atoms with Gasteiger partial charge in [-0.05, 0) is 40.5 Å². The lowest BCUT2D eigenvalue weighted by atomic mass is 10.3. The van der Waals surface area contributed by atoms with Crippen LogP contribution >= 0.6 is 27.5 Å². The van der Waals surface area contributed by atoms with Crippen molar-refractivity contribution in [2.24, 2.45) is 5.73 Å². The van der Waals surface area contributed by atoms with Gasteiger partial charge in [-0.2, -0.15) is 0 Å². The number of hydrogen-bond acceptors (Lipinski definition) is 2. The Morgan fingerprint density at radius 2 is 2.27 bits per heavy atom. The first-order valence-electron chi connectivity index (χ1n) is 4.50. The Bertz CT molecular complexity index is 357. The summed E-state index contributed by atoms with van der Waals surface area (Å²) in [4.78, 5) is 0. The van der Waals surface area contributed by atoms with Gasteiger partial charge in [0.05, 0.1) is 16.9 Å². The standard InChI is InChI=1S/C10H12BrClN2O/c11-8-6-7(12)3-4-9(8)15-5-1-2-10(13)14/h3-4,6H,1-2,5H2,(H3,13,14). The number of rotatable bonds is 5. The first-order valence-corrected chi connectivity index (χ1v) is 5.67. The Balaban J connectivity index is 2.40. The van der Waals surface area contributed by atoms with Crippen molar-refractivity contribution in [3.05, 3.63) is 27.7 Å². The van der Waals surface area contributed by atoms with Gasteiger partial charge in [0.15, 0.2) is 0 Å². The highest BCUT2D eigenvalue weighted by Crippen LogP contribution is 2.27. The van der Waals surface area contributed by atoms with E-state index in [0.717, 1.165) is 16.6 Å². The number of amidine groups is 1. The molecule has 0 aliphatic rings. The highest BCUT2D eigenvalue weighted by molar-refractivity contribution is 9.10. The molecule has 0 aliphatic carbocycles. The lowest BCUT2D eigenvalue weighted by Crippen LogP contribution is -2.11. The summed E-state index contributed by atoms with van der Waals surface area (Å²) in [6.07, 6.45) is 1.30. The van der Waals surface area contributed by atoms with Crippen LogP contribution in [0.1, 0.15) is 12.8 Å². The molecule has 0 unspecified atom stereocenters. The fraction of sp³-hybridized carbons (Fsp3) is 0.300. The van der Waals surface area contributed by atoms with E-state index in [0.29, 0.717) is 18.1 Å². The molecule has 0 spiro atoms. The van der Waals surface area contributed by atoms with Gasteiger partial charge in [-0.15, -0.1) is 0 Å². The highest BCUT2D eigenvalue weighted by Gasteiger charge is 2.01. The van der Waals surface area contributed by atoms with E-state index < -0.39 is 0 Å². The van der Waals surface area contributed by atoms with Crippen molar-refractivity contribution in [1.82, 2.24) is 0 Å². The number of ether oxygens (including phenoxy) is 1. The van der Waals surface area contributed by atoms with E-state index in [-0.39, 0.29) is 5.84 Å². The van der Waals surface area contributed by atoms with Crippen molar-refractivity contribution in [2.75, 3.05) is 6.61 Å². The summed E-state index contributed by atoms with van der Waals surface area (Å²) in [7, 11) is 0. The Morgan fingerprint density at radius 1 is 1.53 bits per heavy atom. The van der Waals surface area contributed by atoms with Gasteiger partial charge in [-0.25, -0.2) is 0 Å². The molecule has 0 bridgehead atoms. The fourth-order valence-electron chi connectivity index (χ4n) is 1.04. The molecule has 1 rings (SSSR count). The minimum Gasteiger partial charge on any atom is -0.492 e. The van der Waals surface area contributed by atoms with Crippen LogP contribution in [0.5, 0.6) is 5.75 Å². The molecule has 0 heterocycles. The lowest BCUT2D eigenvalue weighted by molar-refractivity contribution is 0.311. The van der Waals surface area contributed by atoms with Gasteiger partial charge in [-0.1, -0.05) is 11.6 Å². The number of hydrogen-bond donors (Lipinski definition) is 2. The predicted molar refractivity (Wildman–Crippen MR) is 65.8 cm³/mol. The molecule has 1 aromatic rings. The van der Waals surface area contributed by atoms with Gasteiger partial charge >= 0.3 is 0 Å². The SMILES string of the molecule is N=C(N)CCCOc1ccc(Cl)cc1Br. The topological polar surface area (TPSA) is 59.1 Å². The molecule has 0 aliphatic heterocycles. The van der Waals surface area contributed by atoms with Crippen LogP contribution in [-0.4, -0.2) is 12.4 Å². The maximum atomic E-state index is 7.04. The van der Waals surface area contributed by atoms with Gasteiger partial charge in [0.25, 0.3) is 0 Å². The van der Waals surface area contributed by atoms with Crippen molar-refractivity contribution in [3.63, 3.8) is 0 Å². The summed E-state index contributed by atoms with van der Waals surface area (Å²) >= 11 is 9.14. The Morgan fingerprint density at radius 3 is 2.87 bits per heavy atom. The fourth-order valence-corrected chi connectivity index (χ4v) is 1.83. The van der Waals surface area contributed by atoms with Crippen LogP contribution in [0.3, 0.4) is 0 Å². The summed E-state index contributed by atoms with van der Waals surface area (Å²) < 4.78 is 6.32. The van der Waals surface area contributed by atoms with E-state index in [1.165, 1.54) is 0 Å². The van der Waals surface area contributed by atoms with Gasteiger partial charge in [0.2, 0.25) is 0 Å². The summed E-state index contributed by atoms with van der Waals surface area (Å²) in [5.74, 6) is 0.941. The number of nitrogens with one attached hydrogen (secondary N) is 1. The monoisotopic (exact) mass is 290 g/mol. The predicted octanol–water partition coefficient (Wildman–Crippen LogP) is 3.20. The summed E-state index contributed by atoms with van der Waals surface area (Å²) in [6.45, 7) is 0.541. The third kappa shape index (κ3) is 4.53. The second kappa shape index (κ2) is 5.98. The average Bonchev–Trinajstić information content (AvgIpc) is 2.14. The van der Waals surface area contributed by atoms with Crippen LogP contribution in [0.25, 0.3) is 0 Å². The van der Waals surface area contributed by atoms with E-state index >= 15 is 0 Å². The Kier molecular flexibility index (Phi) is 4.91. The smallest absolute Gasteiger partial charge is 0.133 e. The van der Waals surface area contributed by atoms with Crippen LogP contribution in [0.4, 0.5) is 0 Å². The molecular formula is C10H12BrClN2O. The largest absolute Gasteiger partial charge is 0.492 e. The van der Waals surface area contributed by atoms with E-state index in [1.54, 1.807) is 18.2 Å². The van der Waals surface area contributed by atoms with Gasteiger partial charge in [0, 0.05) is 11.4 Å². The van der Waals surface area contributed by atoms with Crippen LogP contribution < -0.4 is 10.5 Å². The van der Waals surface area contributed by atoms with Crippen molar-refractivity contribution >= 4 is 33.4 Å². The molecule has 0 saturated carbocycles. The first kappa shape index (κ1) is 12.3. The van der Waals surface area contributed by atoms with Crippen LogP contribution in [0.2, 0.25) is 5.02 Å². The van der Waals surface area contributed by atoms with Crippen molar-refractivity contribution in [1.29, 1.82) is 5.41 Å². The minimum absolute atomic E-state index is 0.189. The Hall–Kier alpha value is -0.740. The minimum atomic E-state index is 0.189. The van der Waals surface area contributed by atoms with Crippen molar-refractivity contribution in [2.45, 2.75) is 12.8 Å². The van der Waals surface area contributed by atoms with E-state index in [4.69, 9.17) is 27.5 Å². The molecule has 0 saturated heterocycles. The van der Waals surface area contributed by atoms with Crippen molar-refractivity contribution in [3.8, 4) is 5.75 Å². The van der Waals surface area contributed by atoms with Gasteiger partial charge < -0.3 is 10.5 Å². The highest BCUT2D eigenvalue weighted by atomic mass is 79.9. The van der Waals surface area contributed by atoms with E-state index in [2.05, 4.69) is 15.9 Å². The molecule has 0 aromatic heterocycles. The maximum Gasteiger partial charge on any atom is 0.133 e. The molecule has 82 valence electrons. The second-order valence-electron chi connectivity index (χ2n) is 3.05. The van der Waals surface area contributed by atoms with Crippen LogP contribution in [0, 0.1) is 5.41 Å². The quantitative estimate of drug-likeness (QED) is 0.497. The average molecular weight is 292 g/mol. The third-order valence-corrected chi connectivity index (χ3v) is 2.60. The molecule has 0 fully saturated rings. The molecule has 0 radical (unpaired) electrons. The molecule has 5 heteroatoms. The Labute approximate surface area is 102 Å². The van der Waals surface area contributed by atoms with Crippen LogP contribution in [0.15, 0.2) is 22.7 Å². The van der Waals surface area contributed by atoms with Gasteiger partial charge in [-0.3, -0.25) is 5.41 Å². The molecule has 0 atom stereocenters. The van der Waals surface area contributed by atoms with E-state index in [1.807, 2.05) is 0 Å². The third-order valence-electron chi connectivity index (χ3n) is 1.74. The zero-order chi connectivity index (χ0) is 11.3. The maximum absolute atomic E-state index is 7.04. The number of nitrogens with two attached hydrogens (primary N) is 1. The normalized spacial score (nSPS) is 10.0. The van der Waals surface area contributed by atoms with Gasteiger partial charge in [0.1, 0.15) is 5.75 Å². The molecular weight excluding hydrogens is 279 g/mol. The molecule has 3 N–H and O–H groups in total. The van der Waals surface area contributed by atoms with Crippen molar-refractivity contribution < 1.29 is 4.74 Å².